The van der Waals surface area contributed by atoms with Gasteiger partial charge in [-0.15, -0.1) is 0 Å². The van der Waals surface area contributed by atoms with Crippen molar-refractivity contribution in [2.75, 3.05) is 0 Å². The summed E-state index contributed by atoms with van der Waals surface area (Å²) in [6, 6.07) is 2.95. The van der Waals surface area contributed by atoms with Crippen molar-refractivity contribution < 1.29 is 4.79 Å². The zero-order valence-electron chi connectivity index (χ0n) is 9.28. The number of amides is 1. The van der Waals surface area contributed by atoms with Crippen LogP contribution >= 0.6 is 15.9 Å². The molecule has 1 aliphatic rings. The number of nitrogens with one attached hydrogen (secondary N) is 2. The van der Waals surface area contributed by atoms with Crippen molar-refractivity contribution in [2.45, 2.75) is 36.6 Å². The summed E-state index contributed by atoms with van der Waals surface area (Å²) in [5.74, 6) is -0.223. The van der Waals surface area contributed by atoms with Crippen molar-refractivity contribution in [1.82, 2.24) is 15.5 Å². The predicted octanol–water partition coefficient (Wildman–Crippen LogP) is 1.21. The molecule has 1 aromatic heterocycles. The number of H-pyrrole nitrogens is 1. The maximum atomic E-state index is 11.8. The third-order valence-electron chi connectivity index (χ3n) is 2.90. The highest BCUT2D eigenvalue weighted by Gasteiger charge is 2.21. The van der Waals surface area contributed by atoms with Gasteiger partial charge in [0, 0.05) is 16.9 Å². The lowest BCUT2D eigenvalue weighted by Gasteiger charge is -2.25. The molecule has 0 saturated heterocycles. The van der Waals surface area contributed by atoms with E-state index in [0.717, 1.165) is 25.7 Å². The van der Waals surface area contributed by atoms with Crippen molar-refractivity contribution in [1.29, 1.82) is 0 Å². The summed E-state index contributed by atoms with van der Waals surface area (Å²) >= 11 is 3.57. The fourth-order valence-corrected chi connectivity index (χ4v) is 2.46. The Labute approximate surface area is 107 Å². The van der Waals surface area contributed by atoms with Crippen LogP contribution in [0.5, 0.6) is 0 Å². The number of nitrogens with zero attached hydrogens (tertiary/aromatic N) is 1. The highest BCUT2D eigenvalue weighted by atomic mass is 79.9. The van der Waals surface area contributed by atoms with E-state index >= 15 is 0 Å². The fourth-order valence-electron chi connectivity index (χ4n) is 1.93. The third-order valence-corrected chi connectivity index (χ3v) is 3.82. The Kier molecular flexibility index (Phi) is 3.93. The van der Waals surface area contributed by atoms with Gasteiger partial charge in [-0.3, -0.25) is 9.59 Å². The smallest absolute Gasteiger partial charge is 0.271 e. The lowest BCUT2D eigenvalue weighted by atomic mass is 9.95. The average molecular weight is 300 g/mol. The second-order valence-corrected chi connectivity index (χ2v) is 5.52. The normalized spacial score (nSPS) is 24.3. The van der Waals surface area contributed by atoms with E-state index in [1.807, 2.05) is 0 Å². The molecule has 1 aliphatic carbocycles. The summed E-state index contributed by atoms with van der Waals surface area (Å²) in [6.45, 7) is 0. The maximum Gasteiger partial charge on any atom is 0.271 e. The lowest BCUT2D eigenvalue weighted by molar-refractivity contribution is 0.0922. The first kappa shape index (κ1) is 12.3. The molecule has 1 heterocycles. The minimum atomic E-state index is -0.304. The second kappa shape index (κ2) is 5.44. The van der Waals surface area contributed by atoms with Crippen LogP contribution in [0, 0.1) is 0 Å². The molecule has 0 radical (unpaired) electrons. The van der Waals surface area contributed by atoms with Gasteiger partial charge in [0.1, 0.15) is 5.69 Å². The van der Waals surface area contributed by atoms with Crippen LogP contribution in [0.15, 0.2) is 16.9 Å². The number of hydrogen-bond acceptors (Lipinski definition) is 3. The molecule has 0 aliphatic heterocycles. The van der Waals surface area contributed by atoms with Crippen LogP contribution in [0.25, 0.3) is 0 Å². The first-order chi connectivity index (χ1) is 8.15. The van der Waals surface area contributed by atoms with E-state index in [1.54, 1.807) is 0 Å². The summed E-state index contributed by atoms with van der Waals surface area (Å²) in [4.78, 5) is 23.2. The van der Waals surface area contributed by atoms with Crippen molar-refractivity contribution in [3.63, 3.8) is 0 Å². The minimum absolute atomic E-state index is 0.213. The molecule has 0 spiro atoms. The molecular formula is C11H14BrN3O2. The van der Waals surface area contributed by atoms with E-state index in [-0.39, 0.29) is 23.2 Å². The van der Waals surface area contributed by atoms with E-state index in [9.17, 15) is 9.59 Å². The largest absolute Gasteiger partial charge is 0.348 e. The van der Waals surface area contributed by atoms with E-state index in [1.165, 1.54) is 12.1 Å². The predicted molar refractivity (Wildman–Crippen MR) is 67.3 cm³/mol. The molecule has 0 bridgehead atoms. The van der Waals surface area contributed by atoms with Gasteiger partial charge in [0.25, 0.3) is 11.5 Å². The van der Waals surface area contributed by atoms with Gasteiger partial charge in [0.05, 0.1) is 0 Å². The summed E-state index contributed by atoms with van der Waals surface area (Å²) in [6.07, 6.45) is 4.10. The van der Waals surface area contributed by atoms with Crippen LogP contribution in [0.3, 0.4) is 0 Å². The first-order valence-corrected chi connectivity index (χ1v) is 6.57. The van der Waals surface area contributed by atoms with Gasteiger partial charge in [-0.25, -0.2) is 5.10 Å². The topological polar surface area (TPSA) is 74.8 Å². The van der Waals surface area contributed by atoms with Gasteiger partial charge in [0.15, 0.2) is 0 Å². The third kappa shape index (κ3) is 3.39. The summed E-state index contributed by atoms with van der Waals surface area (Å²) in [5, 5.41) is 8.88. The highest BCUT2D eigenvalue weighted by Crippen LogP contribution is 2.24. The van der Waals surface area contributed by atoms with E-state index < -0.39 is 0 Å². The van der Waals surface area contributed by atoms with Gasteiger partial charge < -0.3 is 5.32 Å². The average Bonchev–Trinajstić information content (AvgIpc) is 2.33. The number of aromatic nitrogens is 2. The maximum absolute atomic E-state index is 11.8. The summed E-state index contributed by atoms with van der Waals surface area (Å²) < 4.78 is 0. The first-order valence-electron chi connectivity index (χ1n) is 5.66. The number of carbonyl (C=O) groups excluding carboxylic acids is 1. The minimum Gasteiger partial charge on any atom is -0.348 e. The number of hydrogen-bond donors (Lipinski definition) is 2. The molecule has 6 heteroatoms. The van der Waals surface area contributed by atoms with Crippen LogP contribution in [-0.2, 0) is 0 Å². The second-order valence-electron chi connectivity index (χ2n) is 4.23. The molecule has 1 saturated carbocycles. The molecule has 1 amide bonds. The van der Waals surface area contributed by atoms with Crippen LogP contribution in [0.2, 0.25) is 0 Å². The lowest BCUT2D eigenvalue weighted by Crippen LogP contribution is -2.38. The van der Waals surface area contributed by atoms with Gasteiger partial charge in [-0.2, -0.15) is 5.10 Å². The molecule has 0 aromatic carbocycles. The van der Waals surface area contributed by atoms with Gasteiger partial charge in [-0.05, 0) is 31.7 Å². The van der Waals surface area contributed by atoms with Crippen LogP contribution in [0.4, 0.5) is 0 Å². The van der Waals surface area contributed by atoms with Crippen LogP contribution in [-0.4, -0.2) is 27.0 Å². The van der Waals surface area contributed by atoms with Gasteiger partial charge in [0.2, 0.25) is 0 Å². The van der Waals surface area contributed by atoms with Crippen molar-refractivity contribution in [3.8, 4) is 0 Å². The van der Waals surface area contributed by atoms with Gasteiger partial charge in [-0.1, -0.05) is 15.9 Å². The Bertz CT molecular complexity index is 432. The van der Waals surface area contributed by atoms with E-state index in [4.69, 9.17) is 0 Å². The molecule has 0 atom stereocenters. The molecular weight excluding hydrogens is 286 g/mol. The molecule has 17 heavy (non-hydrogen) atoms. The molecule has 2 rings (SSSR count). The van der Waals surface area contributed by atoms with Crippen molar-refractivity contribution in [2.24, 2.45) is 0 Å². The van der Waals surface area contributed by atoms with Gasteiger partial charge >= 0.3 is 0 Å². The molecule has 2 N–H and O–H groups in total. The Hall–Kier alpha value is -1.17. The Morgan fingerprint density at radius 2 is 2.06 bits per heavy atom. The van der Waals surface area contributed by atoms with Crippen molar-refractivity contribution in [3.05, 3.63) is 28.2 Å². The number of alkyl halides is 1. The van der Waals surface area contributed by atoms with E-state index in [2.05, 4.69) is 31.4 Å². The van der Waals surface area contributed by atoms with Crippen LogP contribution < -0.4 is 10.9 Å². The van der Waals surface area contributed by atoms with Crippen molar-refractivity contribution >= 4 is 21.8 Å². The molecule has 0 unspecified atom stereocenters. The standard InChI is InChI=1S/C11H14BrN3O2/c12-7-1-3-8(4-2-7)13-11(17)9-5-6-10(16)15-14-9/h5-8H,1-4H2,(H,13,17)(H,15,16). The quantitative estimate of drug-likeness (QED) is 0.806. The highest BCUT2D eigenvalue weighted by molar-refractivity contribution is 9.09. The molecule has 5 nitrogen and oxygen atoms in total. The number of aromatic amines is 1. The number of halogens is 1. The number of rotatable bonds is 2. The summed E-state index contributed by atoms with van der Waals surface area (Å²) in [5.41, 5.74) is -0.0492. The molecule has 1 aromatic rings. The SMILES string of the molecule is O=C(NC1CCC(Br)CC1)c1ccc(=O)[nH]n1. The summed E-state index contributed by atoms with van der Waals surface area (Å²) in [7, 11) is 0. The Morgan fingerprint density at radius 1 is 1.35 bits per heavy atom. The molecule has 1 fully saturated rings. The Morgan fingerprint density at radius 3 is 2.65 bits per heavy atom. The monoisotopic (exact) mass is 299 g/mol. The zero-order valence-corrected chi connectivity index (χ0v) is 10.9. The van der Waals surface area contributed by atoms with E-state index in [0.29, 0.717) is 4.83 Å². The number of carbonyl (C=O) groups is 1. The Balaban J connectivity index is 1.93. The van der Waals surface area contributed by atoms with Crippen LogP contribution in [0.1, 0.15) is 36.2 Å². The fraction of sp³-hybridized carbons (Fsp3) is 0.545. The zero-order chi connectivity index (χ0) is 12.3. The molecule has 92 valence electrons.